The summed E-state index contributed by atoms with van der Waals surface area (Å²) in [6, 6.07) is 8.04. The molecule has 0 saturated carbocycles. The van der Waals surface area contributed by atoms with Crippen molar-refractivity contribution in [2.75, 3.05) is 33.3 Å². The molecule has 1 aromatic heterocycles. The van der Waals surface area contributed by atoms with Gasteiger partial charge in [-0.05, 0) is 56.1 Å². The number of ether oxygens (including phenoxy) is 1. The van der Waals surface area contributed by atoms with Crippen molar-refractivity contribution >= 4 is 23.2 Å². The lowest BCUT2D eigenvalue weighted by Crippen LogP contribution is -2.49. The van der Waals surface area contributed by atoms with E-state index in [-0.39, 0.29) is 23.8 Å². The Bertz CT molecular complexity index is 949. The first kappa shape index (κ1) is 22.8. The van der Waals surface area contributed by atoms with Crippen LogP contribution in [0.25, 0.3) is 0 Å². The van der Waals surface area contributed by atoms with Crippen molar-refractivity contribution in [3.63, 3.8) is 0 Å². The zero-order chi connectivity index (χ0) is 22.6. The van der Waals surface area contributed by atoms with Crippen LogP contribution in [0.3, 0.4) is 0 Å². The van der Waals surface area contributed by atoms with E-state index in [0.717, 1.165) is 74.6 Å². The molecule has 7 heteroatoms. The summed E-state index contributed by atoms with van der Waals surface area (Å²) in [4.78, 5) is 33.8. The zero-order valence-corrected chi connectivity index (χ0v) is 20.0. The van der Waals surface area contributed by atoms with Crippen molar-refractivity contribution in [3.8, 4) is 5.75 Å². The Labute approximate surface area is 194 Å². The molecule has 2 aromatic rings. The number of benzene rings is 1. The fourth-order valence-electron chi connectivity index (χ4n) is 4.98. The van der Waals surface area contributed by atoms with Crippen molar-refractivity contribution < 1.29 is 14.3 Å². The summed E-state index contributed by atoms with van der Waals surface area (Å²) in [7, 11) is 1.88. The second kappa shape index (κ2) is 10.0. The highest BCUT2D eigenvalue weighted by Crippen LogP contribution is 2.38. The van der Waals surface area contributed by atoms with Gasteiger partial charge < -0.3 is 14.5 Å². The number of thiazole rings is 1. The van der Waals surface area contributed by atoms with Crippen LogP contribution in [0.5, 0.6) is 5.75 Å². The number of aromatic nitrogens is 1. The van der Waals surface area contributed by atoms with Crippen LogP contribution in [0.2, 0.25) is 0 Å². The monoisotopic (exact) mass is 455 g/mol. The van der Waals surface area contributed by atoms with Crippen LogP contribution in [0.4, 0.5) is 0 Å². The minimum absolute atomic E-state index is 0.0113. The van der Waals surface area contributed by atoms with E-state index in [0.29, 0.717) is 6.42 Å². The normalized spacial score (nSPS) is 19.6. The quantitative estimate of drug-likeness (QED) is 0.690. The van der Waals surface area contributed by atoms with Gasteiger partial charge >= 0.3 is 0 Å². The van der Waals surface area contributed by atoms with E-state index in [1.165, 1.54) is 5.56 Å². The molecule has 4 rings (SSSR count). The van der Waals surface area contributed by atoms with Gasteiger partial charge in [0, 0.05) is 32.1 Å². The number of fused-ring (bicyclic) bond motifs is 1. The van der Waals surface area contributed by atoms with Crippen LogP contribution in [-0.4, -0.2) is 59.9 Å². The Hall–Kier alpha value is -2.41. The molecule has 0 bridgehead atoms. The maximum absolute atomic E-state index is 12.8. The van der Waals surface area contributed by atoms with E-state index < -0.39 is 0 Å². The van der Waals surface area contributed by atoms with Crippen LogP contribution in [0, 0.1) is 12.3 Å². The number of nitrogens with zero attached hydrogens (tertiary/aromatic N) is 3. The highest BCUT2D eigenvalue weighted by Gasteiger charge is 2.37. The molecule has 0 N–H and O–H groups in total. The van der Waals surface area contributed by atoms with Gasteiger partial charge in [0.25, 0.3) is 5.91 Å². The number of amides is 2. The smallest absolute Gasteiger partial charge is 0.260 e. The van der Waals surface area contributed by atoms with Crippen molar-refractivity contribution in [2.45, 2.75) is 51.9 Å². The highest BCUT2D eigenvalue weighted by atomic mass is 32.1. The first-order valence-electron chi connectivity index (χ1n) is 11.6. The molecule has 32 heavy (non-hydrogen) atoms. The highest BCUT2D eigenvalue weighted by molar-refractivity contribution is 7.09. The van der Waals surface area contributed by atoms with Crippen LogP contribution in [0.15, 0.2) is 29.6 Å². The van der Waals surface area contributed by atoms with Gasteiger partial charge in [0.1, 0.15) is 5.75 Å². The van der Waals surface area contributed by atoms with Gasteiger partial charge in [0.05, 0.1) is 17.1 Å². The van der Waals surface area contributed by atoms with Crippen LogP contribution >= 0.6 is 11.3 Å². The topological polar surface area (TPSA) is 62.7 Å². The summed E-state index contributed by atoms with van der Waals surface area (Å²) in [5.74, 6) is 0.997. The van der Waals surface area contributed by atoms with E-state index in [9.17, 15) is 9.59 Å². The van der Waals surface area contributed by atoms with E-state index in [1.807, 2.05) is 47.4 Å². The first-order chi connectivity index (χ1) is 15.4. The second-order valence-corrected chi connectivity index (χ2v) is 10.3. The van der Waals surface area contributed by atoms with E-state index >= 15 is 0 Å². The molecule has 2 aliphatic rings. The first-order valence-corrected chi connectivity index (χ1v) is 12.5. The van der Waals surface area contributed by atoms with Crippen molar-refractivity contribution in [1.29, 1.82) is 0 Å². The fraction of sp³-hybridized carbons (Fsp3) is 0.560. The lowest BCUT2D eigenvalue weighted by molar-refractivity contribution is -0.137. The maximum atomic E-state index is 12.8. The predicted octanol–water partition coefficient (Wildman–Crippen LogP) is 3.87. The van der Waals surface area contributed by atoms with Crippen LogP contribution < -0.4 is 4.74 Å². The Balaban J connectivity index is 1.40. The molecule has 3 heterocycles. The Kier molecular flexibility index (Phi) is 7.13. The largest absolute Gasteiger partial charge is 0.483 e. The number of carbonyl (C=O) groups excluding carboxylic acids is 2. The number of likely N-dealkylation sites (tertiary alicyclic amines) is 1. The number of hydrogen-bond acceptors (Lipinski definition) is 5. The fourth-order valence-corrected chi connectivity index (χ4v) is 5.59. The summed E-state index contributed by atoms with van der Waals surface area (Å²) in [6.07, 6.45) is 6.52. The summed E-state index contributed by atoms with van der Waals surface area (Å²) >= 11 is 1.59. The molecule has 1 saturated heterocycles. The zero-order valence-electron chi connectivity index (χ0n) is 19.1. The number of carbonyl (C=O) groups is 2. The summed E-state index contributed by atoms with van der Waals surface area (Å²) < 4.78 is 5.88. The van der Waals surface area contributed by atoms with Gasteiger partial charge in [0.15, 0.2) is 6.61 Å². The minimum atomic E-state index is 0.0113. The van der Waals surface area contributed by atoms with Crippen LogP contribution in [-0.2, 0) is 22.4 Å². The Morgan fingerprint density at radius 2 is 1.97 bits per heavy atom. The standard InChI is InChI=1S/C25H33N3O3S/c1-19-26-21(17-32-19)15-23(29)28-13-11-25(12-14-28)10-6-5-8-20-7-3-4-9-22(20)31-16-24(30)27(2)18-25/h3-4,7,9,17H,5-6,8,10-16,18H2,1-2H3. The van der Waals surface area contributed by atoms with Gasteiger partial charge in [-0.3, -0.25) is 9.59 Å². The number of piperidine rings is 1. The molecule has 1 spiro atoms. The molecule has 0 aliphatic carbocycles. The lowest BCUT2D eigenvalue weighted by Gasteiger charge is -2.44. The Morgan fingerprint density at radius 1 is 1.19 bits per heavy atom. The summed E-state index contributed by atoms with van der Waals surface area (Å²) in [5.41, 5.74) is 2.11. The molecule has 0 atom stereocenters. The number of para-hydroxylation sites is 1. The Morgan fingerprint density at radius 3 is 2.72 bits per heavy atom. The van der Waals surface area contributed by atoms with Gasteiger partial charge in [-0.25, -0.2) is 4.98 Å². The van der Waals surface area contributed by atoms with Gasteiger partial charge in [-0.1, -0.05) is 24.6 Å². The number of aryl methyl sites for hydroxylation is 2. The minimum Gasteiger partial charge on any atom is -0.483 e. The number of hydrogen-bond donors (Lipinski definition) is 0. The van der Waals surface area contributed by atoms with Crippen molar-refractivity contribution in [1.82, 2.24) is 14.8 Å². The maximum Gasteiger partial charge on any atom is 0.260 e. The number of likely N-dealkylation sites (N-methyl/N-ethyl adjacent to an activating group) is 1. The molecule has 2 aliphatic heterocycles. The molecule has 1 fully saturated rings. The molecule has 0 unspecified atom stereocenters. The lowest BCUT2D eigenvalue weighted by atomic mass is 9.73. The van der Waals surface area contributed by atoms with E-state index in [4.69, 9.17) is 4.74 Å². The third-order valence-electron chi connectivity index (χ3n) is 6.90. The van der Waals surface area contributed by atoms with Gasteiger partial charge in [-0.15, -0.1) is 11.3 Å². The third-order valence-corrected chi connectivity index (χ3v) is 7.72. The van der Waals surface area contributed by atoms with Crippen molar-refractivity contribution in [2.24, 2.45) is 5.41 Å². The molecular formula is C25H33N3O3S. The molecule has 2 amide bonds. The molecule has 1 aromatic carbocycles. The molecule has 6 nitrogen and oxygen atoms in total. The third kappa shape index (κ3) is 5.49. The average molecular weight is 456 g/mol. The van der Waals surface area contributed by atoms with Crippen molar-refractivity contribution in [3.05, 3.63) is 45.9 Å². The number of rotatable bonds is 2. The van der Waals surface area contributed by atoms with Crippen LogP contribution in [0.1, 0.15) is 48.4 Å². The summed E-state index contributed by atoms with van der Waals surface area (Å²) in [5, 5.41) is 2.98. The molecule has 172 valence electrons. The average Bonchev–Trinajstić information content (AvgIpc) is 3.20. The summed E-state index contributed by atoms with van der Waals surface area (Å²) in [6.45, 7) is 4.27. The second-order valence-electron chi connectivity index (χ2n) is 9.27. The molecular weight excluding hydrogens is 422 g/mol. The molecule has 0 radical (unpaired) electrons. The van der Waals surface area contributed by atoms with E-state index in [1.54, 1.807) is 11.3 Å². The van der Waals surface area contributed by atoms with Gasteiger partial charge in [0.2, 0.25) is 5.91 Å². The SMILES string of the molecule is Cc1nc(CC(=O)N2CCC3(CCCCc4ccccc4OCC(=O)N(C)C3)CC2)cs1. The van der Waals surface area contributed by atoms with E-state index in [2.05, 4.69) is 11.1 Å². The predicted molar refractivity (Wildman–Crippen MR) is 126 cm³/mol. The van der Waals surface area contributed by atoms with Gasteiger partial charge in [-0.2, -0.15) is 0 Å².